The Bertz CT molecular complexity index is 710. The van der Waals surface area contributed by atoms with Crippen molar-refractivity contribution in [3.8, 4) is 0 Å². The summed E-state index contributed by atoms with van der Waals surface area (Å²) in [7, 11) is -3.52. The number of sulfonamides is 1. The number of aromatic amines is 1. The highest BCUT2D eigenvalue weighted by molar-refractivity contribution is 7.89. The second-order valence-corrected chi connectivity index (χ2v) is 8.77. The van der Waals surface area contributed by atoms with Crippen LogP contribution >= 0.6 is 0 Å². The van der Waals surface area contributed by atoms with Gasteiger partial charge in [0.1, 0.15) is 10.6 Å². The molecule has 3 rings (SSSR count). The first-order valence-corrected chi connectivity index (χ1v) is 10.4. The molecule has 2 aliphatic heterocycles. The van der Waals surface area contributed by atoms with Gasteiger partial charge in [0.05, 0.1) is 0 Å². The molecule has 24 heavy (non-hydrogen) atoms. The summed E-state index contributed by atoms with van der Waals surface area (Å²) in [5.74, 6) is -0.0691. The van der Waals surface area contributed by atoms with Gasteiger partial charge >= 0.3 is 0 Å². The van der Waals surface area contributed by atoms with Crippen molar-refractivity contribution in [2.45, 2.75) is 57.3 Å². The molecule has 2 saturated heterocycles. The highest BCUT2D eigenvalue weighted by Crippen LogP contribution is 2.29. The van der Waals surface area contributed by atoms with E-state index in [4.69, 9.17) is 0 Å². The van der Waals surface area contributed by atoms with E-state index in [-0.39, 0.29) is 5.91 Å². The highest BCUT2D eigenvalue weighted by Gasteiger charge is 2.34. The Labute approximate surface area is 144 Å². The summed E-state index contributed by atoms with van der Waals surface area (Å²) in [6.45, 7) is 6.14. The van der Waals surface area contributed by atoms with Gasteiger partial charge in [-0.15, -0.1) is 0 Å². The van der Waals surface area contributed by atoms with E-state index in [0.29, 0.717) is 34.9 Å². The van der Waals surface area contributed by atoms with Crippen LogP contribution in [0.2, 0.25) is 0 Å². The minimum atomic E-state index is -3.52. The SMILES string of the molecule is Cc1[nH]c(C(=O)N2CCCCCC2)c(C)c1S(=O)(=O)N1CCCC1. The molecule has 3 heterocycles. The monoisotopic (exact) mass is 353 g/mol. The van der Waals surface area contributed by atoms with Gasteiger partial charge < -0.3 is 9.88 Å². The van der Waals surface area contributed by atoms with Gasteiger partial charge in [-0.3, -0.25) is 4.79 Å². The normalized spacial score (nSPS) is 20.3. The summed E-state index contributed by atoms with van der Waals surface area (Å²) in [6, 6.07) is 0. The van der Waals surface area contributed by atoms with E-state index in [1.165, 1.54) is 4.31 Å². The number of amides is 1. The standard InChI is InChI=1S/C17H27N3O3S/c1-13-15(17(21)19-9-5-3-4-6-10-19)18-14(2)16(13)24(22,23)20-11-7-8-12-20/h18H,3-12H2,1-2H3. The summed E-state index contributed by atoms with van der Waals surface area (Å²) in [6.07, 6.45) is 6.15. The molecular weight excluding hydrogens is 326 g/mol. The van der Waals surface area contributed by atoms with Gasteiger partial charge in [-0.25, -0.2) is 8.42 Å². The number of nitrogens with one attached hydrogen (secondary N) is 1. The Balaban J connectivity index is 1.92. The lowest BCUT2D eigenvalue weighted by molar-refractivity contribution is 0.0755. The number of likely N-dealkylation sites (tertiary alicyclic amines) is 1. The zero-order valence-corrected chi connectivity index (χ0v) is 15.4. The maximum atomic E-state index is 12.9. The van der Waals surface area contributed by atoms with E-state index < -0.39 is 10.0 Å². The van der Waals surface area contributed by atoms with Crippen LogP contribution < -0.4 is 0 Å². The summed E-state index contributed by atoms with van der Waals surface area (Å²) in [5, 5.41) is 0. The Morgan fingerprint density at radius 1 is 0.917 bits per heavy atom. The molecule has 0 saturated carbocycles. The molecule has 1 aromatic heterocycles. The molecule has 0 spiro atoms. The molecule has 134 valence electrons. The summed E-state index contributed by atoms with van der Waals surface area (Å²) in [5.41, 5.74) is 1.57. The number of nitrogens with zero attached hydrogens (tertiary/aromatic N) is 2. The zero-order chi connectivity index (χ0) is 17.3. The minimum Gasteiger partial charge on any atom is -0.353 e. The molecule has 2 fully saturated rings. The average Bonchev–Trinajstić information content (AvgIpc) is 3.08. The van der Waals surface area contributed by atoms with Gasteiger partial charge in [0, 0.05) is 31.9 Å². The number of carbonyl (C=O) groups is 1. The fourth-order valence-corrected chi connectivity index (χ4v) is 5.75. The topological polar surface area (TPSA) is 73.5 Å². The third kappa shape index (κ3) is 3.11. The lowest BCUT2D eigenvalue weighted by Crippen LogP contribution is -2.32. The fraction of sp³-hybridized carbons (Fsp3) is 0.706. The molecule has 0 atom stereocenters. The van der Waals surface area contributed by atoms with Crippen LogP contribution in [-0.2, 0) is 10.0 Å². The van der Waals surface area contributed by atoms with E-state index in [2.05, 4.69) is 4.98 Å². The molecule has 1 N–H and O–H groups in total. The van der Waals surface area contributed by atoms with Crippen LogP contribution in [0.15, 0.2) is 4.90 Å². The number of hydrogen-bond acceptors (Lipinski definition) is 3. The molecule has 0 aromatic carbocycles. The highest BCUT2D eigenvalue weighted by atomic mass is 32.2. The van der Waals surface area contributed by atoms with Crippen molar-refractivity contribution in [2.24, 2.45) is 0 Å². The minimum absolute atomic E-state index is 0.0691. The third-order valence-corrected chi connectivity index (χ3v) is 7.31. The molecule has 6 nitrogen and oxygen atoms in total. The molecule has 0 aliphatic carbocycles. The Morgan fingerprint density at radius 3 is 2.04 bits per heavy atom. The van der Waals surface area contributed by atoms with Crippen molar-refractivity contribution in [3.63, 3.8) is 0 Å². The maximum Gasteiger partial charge on any atom is 0.270 e. The van der Waals surface area contributed by atoms with Crippen LogP contribution in [-0.4, -0.2) is 54.7 Å². The number of carbonyl (C=O) groups excluding carboxylic acids is 1. The second kappa shape index (κ2) is 6.88. The van der Waals surface area contributed by atoms with Crippen molar-refractivity contribution in [1.29, 1.82) is 0 Å². The van der Waals surface area contributed by atoms with Crippen LogP contribution in [0, 0.1) is 13.8 Å². The van der Waals surface area contributed by atoms with Gasteiger partial charge in [-0.2, -0.15) is 4.31 Å². The van der Waals surface area contributed by atoms with Crippen LogP contribution in [0.3, 0.4) is 0 Å². The summed E-state index contributed by atoms with van der Waals surface area (Å²) < 4.78 is 27.4. The maximum absolute atomic E-state index is 12.9. The van der Waals surface area contributed by atoms with Gasteiger partial charge in [0.25, 0.3) is 5.91 Å². The van der Waals surface area contributed by atoms with Crippen LogP contribution in [0.1, 0.15) is 60.3 Å². The summed E-state index contributed by atoms with van der Waals surface area (Å²) >= 11 is 0. The van der Waals surface area contributed by atoms with Gasteiger partial charge in [0.2, 0.25) is 10.0 Å². The molecule has 0 bridgehead atoms. The second-order valence-electron chi connectivity index (χ2n) is 6.90. The van der Waals surface area contributed by atoms with Crippen molar-refractivity contribution in [1.82, 2.24) is 14.2 Å². The van der Waals surface area contributed by atoms with Crippen LogP contribution in [0.25, 0.3) is 0 Å². The molecular formula is C17H27N3O3S. The van der Waals surface area contributed by atoms with Crippen LogP contribution in [0.5, 0.6) is 0 Å². The molecule has 0 unspecified atom stereocenters. The lowest BCUT2D eigenvalue weighted by Gasteiger charge is -2.20. The number of aryl methyl sites for hydroxylation is 1. The van der Waals surface area contributed by atoms with Crippen molar-refractivity contribution >= 4 is 15.9 Å². The van der Waals surface area contributed by atoms with E-state index >= 15 is 0 Å². The fourth-order valence-electron chi connectivity index (χ4n) is 3.82. The molecule has 2 aliphatic rings. The largest absolute Gasteiger partial charge is 0.353 e. The predicted molar refractivity (Wildman–Crippen MR) is 92.6 cm³/mol. The van der Waals surface area contributed by atoms with E-state index in [1.54, 1.807) is 13.8 Å². The Morgan fingerprint density at radius 2 is 1.46 bits per heavy atom. The lowest BCUT2D eigenvalue weighted by atomic mass is 10.2. The van der Waals surface area contributed by atoms with E-state index in [1.807, 2.05) is 4.90 Å². The van der Waals surface area contributed by atoms with Crippen molar-refractivity contribution in [3.05, 3.63) is 17.0 Å². The van der Waals surface area contributed by atoms with E-state index in [9.17, 15) is 13.2 Å². The molecule has 1 aromatic rings. The zero-order valence-electron chi connectivity index (χ0n) is 14.6. The molecule has 0 radical (unpaired) electrons. The van der Waals surface area contributed by atoms with E-state index in [0.717, 1.165) is 51.6 Å². The number of H-pyrrole nitrogens is 1. The van der Waals surface area contributed by atoms with Gasteiger partial charge in [0.15, 0.2) is 0 Å². The summed E-state index contributed by atoms with van der Waals surface area (Å²) in [4.78, 5) is 18.1. The van der Waals surface area contributed by atoms with Crippen LogP contribution in [0.4, 0.5) is 0 Å². The van der Waals surface area contributed by atoms with Crippen molar-refractivity contribution < 1.29 is 13.2 Å². The number of rotatable bonds is 3. The first kappa shape index (κ1) is 17.5. The quantitative estimate of drug-likeness (QED) is 0.907. The van der Waals surface area contributed by atoms with Gasteiger partial charge in [-0.05, 0) is 45.1 Å². The predicted octanol–water partition coefficient (Wildman–Crippen LogP) is 2.43. The number of aromatic nitrogens is 1. The molecule has 7 heteroatoms. The smallest absolute Gasteiger partial charge is 0.270 e. The Kier molecular flexibility index (Phi) is 5.01. The van der Waals surface area contributed by atoms with Crippen molar-refractivity contribution in [2.75, 3.05) is 26.2 Å². The molecule has 1 amide bonds. The third-order valence-electron chi connectivity index (χ3n) is 5.14. The average molecular weight is 353 g/mol. The number of hydrogen-bond donors (Lipinski definition) is 1. The van der Waals surface area contributed by atoms with Gasteiger partial charge in [-0.1, -0.05) is 12.8 Å². The first-order chi connectivity index (χ1) is 11.4. The Hall–Kier alpha value is -1.34. The first-order valence-electron chi connectivity index (χ1n) is 8.91.